The molecule has 0 saturated carbocycles. The van der Waals surface area contributed by atoms with Crippen LogP contribution in [0.25, 0.3) is 0 Å². The maximum Gasteiger partial charge on any atom is 0.253 e. The molecule has 2 rings (SSSR count). The molecular weight excluding hydrogens is 319 g/mol. The van der Waals surface area contributed by atoms with Crippen molar-refractivity contribution in [2.24, 2.45) is 0 Å². The molecule has 0 aliphatic carbocycles. The zero-order valence-corrected chi connectivity index (χ0v) is 14.4. The predicted molar refractivity (Wildman–Crippen MR) is 91.2 cm³/mol. The molecule has 130 valence electrons. The molecule has 1 aromatic carbocycles. The van der Waals surface area contributed by atoms with Gasteiger partial charge >= 0.3 is 0 Å². The predicted octanol–water partition coefficient (Wildman–Crippen LogP) is 2.75. The summed E-state index contributed by atoms with van der Waals surface area (Å²) in [7, 11) is 0. The average molecular weight is 345 g/mol. The van der Waals surface area contributed by atoms with E-state index in [2.05, 4.69) is 12.2 Å². The molecule has 1 amide bonds. The first-order valence-electron chi connectivity index (χ1n) is 8.06. The number of ether oxygens (including phenoxy) is 1. The molecule has 1 N–H and O–H groups in total. The molecule has 1 atom stereocenters. The van der Waals surface area contributed by atoms with E-state index in [-0.39, 0.29) is 24.1 Å². The molecule has 6 heteroatoms. The maximum absolute atomic E-state index is 13.0. The average Bonchev–Trinajstić information content (AvgIpc) is 2.56. The second kappa shape index (κ2) is 10.6. The van der Waals surface area contributed by atoms with Crippen LogP contribution < -0.4 is 5.32 Å². The Morgan fingerprint density at radius 1 is 1.35 bits per heavy atom. The summed E-state index contributed by atoms with van der Waals surface area (Å²) in [6, 6.07) is 6.33. The first kappa shape index (κ1) is 19.9. The Morgan fingerprint density at radius 3 is 2.70 bits per heavy atom. The van der Waals surface area contributed by atoms with Crippen LogP contribution in [0.15, 0.2) is 24.3 Å². The number of carbonyl (C=O) groups excluding carboxylic acids is 1. The van der Waals surface area contributed by atoms with Gasteiger partial charge in [-0.25, -0.2) is 4.39 Å². The lowest BCUT2D eigenvalue weighted by atomic mass is 10.1. The SMILES string of the molecule is CCCCCN(Cc1ccc(F)cc1)C(=O)C1CNCCO1.Cl. The zero-order valence-electron chi connectivity index (χ0n) is 13.6. The Bertz CT molecular complexity index is 464. The third-order valence-corrected chi connectivity index (χ3v) is 3.83. The number of morpholine rings is 1. The number of rotatable bonds is 7. The summed E-state index contributed by atoms with van der Waals surface area (Å²) in [5.41, 5.74) is 0.940. The monoisotopic (exact) mass is 344 g/mol. The van der Waals surface area contributed by atoms with Crippen LogP contribution in [0.2, 0.25) is 0 Å². The Morgan fingerprint density at radius 2 is 2.09 bits per heavy atom. The van der Waals surface area contributed by atoms with Gasteiger partial charge in [-0.1, -0.05) is 31.9 Å². The van der Waals surface area contributed by atoms with Gasteiger partial charge in [0.05, 0.1) is 6.61 Å². The number of benzene rings is 1. The van der Waals surface area contributed by atoms with Crippen molar-refractivity contribution in [3.8, 4) is 0 Å². The highest BCUT2D eigenvalue weighted by Crippen LogP contribution is 2.12. The van der Waals surface area contributed by atoms with E-state index in [1.807, 2.05) is 4.90 Å². The van der Waals surface area contributed by atoms with Gasteiger partial charge in [0.2, 0.25) is 0 Å². The Labute approximate surface area is 143 Å². The number of halogens is 2. The molecule has 0 radical (unpaired) electrons. The smallest absolute Gasteiger partial charge is 0.253 e. The molecule has 1 aliphatic rings. The molecule has 4 nitrogen and oxygen atoms in total. The van der Waals surface area contributed by atoms with Crippen LogP contribution in [0, 0.1) is 5.82 Å². The van der Waals surface area contributed by atoms with Crippen molar-refractivity contribution in [3.05, 3.63) is 35.6 Å². The first-order valence-corrected chi connectivity index (χ1v) is 8.06. The van der Waals surface area contributed by atoms with Gasteiger partial charge in [0.25, 0.3) is 5.91 Å². The summed E-state index contributed by atoms with van der Waals surface area (Å²) >= 11 is 0. The lowest BCUT2D eigenvalue weighted by molar-refractivity contribution is -0.146. The van der Waals surface area contributed by atoms with E-state index in [0.29, 0.717) is 26.2 Å². The fourth-order valence-corrected chi connectivity index (χ4v) is 2.56. The molecule has 1 aromatic rings. The van der Waals surface area contributed by atoms with Gasteiger partial charge < -0.3 is 15.0 Å². The minimum Gasteiger partial charge on any atom is -0.366 e. The first-order chi connectivity index (χ1) is 10.7. The van der Waals surface area contributed by atoms with Gasteiger partial charge in [0.1, 0.15) is 11.9 Å². The molecule has 1 unspecified atom stereocenters. The van der Waals surface area contributed by atoms with Crippen molar-refractivity contribution in [2.45, 2.75) is 38.8 Å². The number of hydrogen-bond donors (Lipinski definition) is 1. The highest BCUT2D eigenvalue weighted by atomic mass is 35.5. The van der Waals surface area contributed by atoms with Crippen molar-refractivity contribution in [2.75, 3.05) is 26.2 Å². The summed E-state index contributed by atoms with van der Waals surface area (Å²) in [5.74, 6) is -0.236. The summed E-state index contributed by atoms with van der Waals surface area (Å²) < 4.78 is 18.6. The van der Waals surface area contributed by atoms with E-state index in [1.165, 1.54) is 12.1 Å². The van der Waals surface area contributed by atoms with E-state index in [4.69, 9.17) is 4.74 Å². The number of unbranched alkanes of at least 4 members (excludes halogenated alkanes) is 2. The number of nitrogens with zero attached hydrogens (tertiary/aromatic N) is 1. The van der Waals surface area contributed by atoms with Gasteiger partial charge in [-0.15, -0.1) is 12.4 Å². The molecular formula is C17H26ClFN2O2. The number of hydrogen-bond acceptors (Lipinski definition) is 3. The maximum atomic E-state index is 13.0. The van der Waals surface area contributed by atoms with Gasteiger partial charge in [-0.05, 0) is 24.1 Å². The van der Waals surface area contributed by atoms with Crippen LogP contribution >= 0.6 is 12.4 Å². The van der Waals surface area contributed by atoms with E-state index in [0.717, 1.165) is 31.4 Å². The van der Waals surface area contributed by atoms with Crippen molar-refractivity contribution in [1.82, 2.24) is 10.2 Å². The van der Waals surface area contributed by atoms with Gasteiger partial charge in [0, 0.05) is 26.2 Å². The third-order valence-electron chi connectivity index (χ3n) is 3.83. The summed E-state index contributed by atoms with van der Waals surface area (Å²) in [6.07, 6.45) is 2.77. The van der Waals surface area contributed by atoms with E-state index >= 15 is 0 Å². The molecule has 1 saturated heterocycles. The molecule has 0 aromatic heterocycles. The fraction of sp³-hybridized carbons (Fsp3) is 0.588. The third kappa shape index (κ3) is 6.45. The quantitative estimate of drug-likeness (QED) is 0.773. The molecule has 1 aliphatic heterocycles. The second-order valence-electron chi connectivity index (χ2n) is 5.66. The fourth-order valence-electron chi connectivity index (χ4n) is 2.56. The van der Waals surface area contributed by atoms with Gasteiger partial charge in [0.15, 0.2) is 0 Å². The Kier molecular flexibility index (Phi) is 9.14. The molecule has 0 spiro atoms. The molecule has 0 bridgehead atoms. The van der Waals surface area contributed by atoms with E-state index in [9.17, 15) is 9.18 Å². The summed E-state index contributed by atoms with van der Waals surface area (Å²) in [6.45, 7) is 5.27. The molecule has 1 heterocycles. The van der Waals surface area contributed by atoms with E-state index in [1.54, 1.807) is 12.1 Å². The number of carbonyl (C=O) groups is 1. The van der Waals surface area contributed by atoms with Crippen LogP contribution in [0.4, 0.5) is 4.39 Å². The van der Waals surface area contributed by atoms with Gasteiger partial charge in [-0.3, -0.25) is 4.79 Å². The summed E-state index contributed by atoms with van der Waals surface area (Å²) in [4.78, 5) is 14.5. The highest BCUT2D eigenvalue weighted by molar-refractivity contribution is 5.85. The molecule has 23 heavy (non-hydrogen) atoms. The van der Waals surface area contributed by atoms with Crippen molar-refractivity contribution >= 4 is 18.3 Å². The highest BCUT2D eigenvalue weighted by Gasteiger charge is 2.26. The topological polar surface area (TPSA) is 41.6 Å². The Balaban J connectivity index is 0.00000264. The summed E-state index contributed by atoms with van der Waals surface area (Å²) in [5, 5.41) is 3.19. The minimum atomic E-state index is -0.407. The Hall–Kier alpha value is -1.17. The van der Waals surface area contributed by atoms with Crippen molar-refractivity contribution in [3.63, 3.8) is 0 Å². The second-order valence-corrected chi connectivity index (χ2v) is 5.66. The van der Waals surface area contributed by atoms with E-state index < -0.39 is 6.10 Å². The van der Waals surface area contributed by atoms with Crippen LogP contribution in [-0.4, -0.2) is 43.2 Å². The van der Waals surface area contributed by atoms with Crippen molar-refractivity contribution < 1.29 is 13.9 Å². The van der Waals surface area contributed by atoms with Crippen LogP contribution in [0.1, 0.15) is 31.7 Å². The number of nitrogens with one attached hydrogen (secondary N) is 1. The standard InChI is InChI=1S/C17H25FN2O2.ClH/c1-2-3-4-10-20(13-14-5-7-15(18)8-6-14)17(21)16-12-19-9-11-22-16;/h5-8,16,19H,2-4,9-13H2,1H3;1H. The molecule has 1 fully saturated rings. The number of amides is 1. The normalized spacial score (nSPS) is 17.4. The van der Waals surface area contributed by atoms with Gasteiger partial charge in [-0.2, -0.15) is 0 Å². The lowest BCUT2D eigenvalue weighted by Crippen LogP contribution is -2.49. The van der Waals surface area contributed by atoms with Crippen molar-refractivity contribution in [1.29, 1.82) is 0 Å². The van der Waals surface area contributed by atoms with Crippen LogP contribution in [-0.2, 0) is 16.1 Å². The largest absolute Gasteiger partial charge is 0.366 e. The zero-order chi connectivity index (χ0) is 15.8. The lowest BCUT2D eigenvalue weighted by Gasteiger charge is -2.30. The van der Waals surface area contributed by atoms with Crippen LogP contribution in [0.3, 0.4) is 0 Å². The minimum absolute atomic E-state index is 0. The van der Waals surface area contributed by atoms with Crippen LogP contribution in [0.5, 0.6) is 0 Å².